The Balaban J connectivity index is -0.000000351. The predicted octanol–water partition coefficient (Wildman–Crippen LogP) is 6.95. The van der Waals surface area contributed by atoms with Gasteiger partial charge in [-0.15, -0.1) is 0 Å². The molecule has 1 rings (SSSR count). The molecule has 7 nitrogen and oxygen atoms in total. The van der Waals surface area contributed by atoms with E-state index in [1.807, 2.05) is 51.1 Å². The molecular formula is C33H63N3O4S. The molecule has 0 fully saturated rings. The Bertz CT molecular complexity index is 724. The number of hydrogen-bond donors (Lipinski definition) is 4. The predicted molar refractivity (Wildman–Crippen MR) is 180 cm³/mol. The van der Waals surface area contributed by atoms with Gasteiger partial charge in [0.05, 0.1) is 12.6 Å². The number of rotatable bonds is 17. The number of amides is 3. The number of hydrogen-bond acceptors (Lipinski definition) is 5. The second-order valence-electron chi connectivity index (χ2n) is 9.31. The molecule has 0 spiro atoms. The fourth-order valence-corrected chi connectivity index (χ4v) is 2.83. The summed E-state index contributed by atoms with van der Waals surface area (Å²) in [4.78, 5) is 32.1. The van der Waals surface area contributed by atoms with Crippen molar-refractivity contribution in [1.29, 1.82) is 0 Å². The highest BCUT2D eigenvalue weighted by atomic mass is 32.1. The fraction of sp³-hybridized carbons (Fsp3) is 0.667. The molecule has 0 saturated carbocycles. The number of primary amides is 2. The lowest BCUT2D eigenvalue weighted by molar-refractivity contribution is -0.119. The maximum atomic E-state index is 10.8. The van der Waals surface area contributed by atoms with Crippen molar-refractivity contribution < 1.29 is 19.1 Å². The fourth-order valence-electron chi connectivity index (χ4n) is 2.70. The van der Waals surface area contributed by atoms with Crippen molar-refractivity contribution in [3.8, 4) is 0 Å². The van der Waals surface area contributed by atoms with Crippen LogP contribution in [0.5, 0.6) is 0 Å². The number of thiol groups is 1. The lowest BCUT2D eigenvalue weighted by Gasteiger charge is -2.15. The van der Waals surface area contributed by atoms with Crippen LogP contribution in [0.15, 0.2) is 36.4 Å². The van der Waals surface area contributed by atoms with Crippen molar-refractivity contribution in [2.75, 3.05) is 13.2 Å². The number of unbranched alkanes of at least 4 members (excludes halogenated alkanes) is 1. The summed E-state index contributed by atoms with van der Waals surface area (Å²) in [6.07, 6.45) is 13.2. The standard InChI is InChI=1S/C18H27N3O4.C6H12S.C4H10.C3H8.C2H6/c19-17(23)9-7-15-5-3-14(4-6-15)2-1-11-25-12-16(21-13-22)8-10-18(20)24;1-3-4-5-6(2)7;1-3-4-2;1-3-2;1-2/h3-6,13,16H,1-2,7-12H2,(H2,19,23)(H2,20,24)(H,21,22);3-4,6-7H,5H2,1-2H3;3-4H2,1-2H3;3H2,1-2H3;1-2H3/b;4-3-;;;. The van der Waals surface area contributed by atoms with Gasteiger partial charge in [0.1, 0.15) is 0 Å². The summed E-state index contributed by atoms with van der Waals surface area (Å²) in [7, 11) is 0. The first-order valence-electron chi connectivity index (χ1n) is 15.3. The summed E-state index contributed by atoms with van der Waals surface area (Å²) in [5.74, 6) is -0.684. The number of carbonyl (C=O) groups excluding carboxylic acids is 3. The third-order valence-electron chi connectivity index (χ3n) is 5.01. The molecule has 0 radical (unpaired) electrons. The summed E-state index contributed by atoms with van der Waals surface area (Å²) in [5, 5.41) is 3.14. The Hall–Kier alpha value is -2.32. The zero-order valence-electron chi connectivity index (χ0n) is 27.4. The molecular weight excluding hydrogens is 534 g/mol. The third-order valence-corrected chi connectivity index (χ3v) is 5.22. The molecule has 2 unspecified atom stereocenters. The first-order valence-corrected chi connectivity index (χ1v) is 15.8. The van der Waals surface area contributed by atoms with E-state index in [1.54, 1.807) is 0 Å². The van der Waals surface area contributed by atoms with Gasteiger partial charge in [0, 0.05) is 24.7 Å². The lowest BCUT2D eigenvalue weighted by atomic mass is 10.0. The highest BCUT2D eigenvalue weighted by Crippen LogP contribution is 2.09. The van der Waals surface area contributed by atoms with Crippen molar-refractivity contribution in [3.63, 3.8) is 0 Å². The SMILES string of the molecule is C/C=C\CC(C)S.CC.CCC.CCCC.NC(=O)CCc1ccc(CCCOCC(CCC(N)=O)NC=O)cc1. The number of nitrogens with one attached hydrogen (secondary N) is 1. The van der Waals surface area contributed by atoms with E-state index in [-0.39, 0.29) is 18.4 Å². The molecule has 240 valence electrons. The maximum absolute atomic E-state index is 10.8. The van der Waals surface area contributed by atoms with E-state index in [1.165, 1.54) is 24.8 Å². The molecule has 0 aliphatic carbocycles. The molecule has 0 heterocycles. The molecule has 1 aromatic carbocycles. The van der Waals surface area contributed by atoms with E-state index < -0.39 is 5.91 Å². The smallest absolute Gasteiger partial charge is 0.217 e. The van der Waals surface area contributed by atoms with Gasteiger partial charge in [-0.1, -0.05) is 104 Å². The number of nitrogens with two attached hydrogens (primary N) is 2. The minimum absolute atomic E-state index is 0.200. The number of carbonyl (C=O) groups is 3. The van der Waals surface area contributed by atoms with Gasteiger partial charge in [0.2, 0.25) is 18.2 Å². The number of benzene rings is 1. The normalized spacial score (nSPS) is 11.0. The van der Waals surface area contributed by atoms with Gasteiger partial charge in [0.25, 0.3) is 0 Å². The number of aryl methyl sites for hydroxylation is 2. The molecule has 0 saturated heterocycles. The third kappa shape index (κ3) is 42.3. The van der Waals surface area contributed by atoms with E-state index in [0.29, 0.717) is 44.1 Å². The van der Waals surface area contributed by atoms with Gasteiger partial charge >= 0.3 is 0 Å². The van der Waals surface area contributed by atoms with Crippen LogP contribution in [0.25, 0.3) is 0 Å². The van der Waals surface area contributed by atoms with Crippen molar-refractivity contribution in [3.05, 3.63) is 47.5 Å². The topological polar surface area (TPSA) is 125 Å². The molecule has 0 aromatic heterocycles. The number of ether oxygens (including phenoxy) is 1. The van der Waals surface area contributed by atoms with Gasteiger partial charge in [-0.3, -0.25) is 14.4 Å². The van der Waals surface area contributed by atoms with Gasteiger partial charge in [0.15, 0.2) is 0 Å². The van der Waals surface area contributed by atoms with Crippen molar-refractivity contribution in [2.24, 2.45) is 11.5 Å². The lowest BCUT2D eigenvalue weighted by Crippen LogP contribution is -2.33. The van der Waals surface area contributed by atoms with Crippen molar-refractivity contribution >= 4 is 30.9 Å². The minimum Gasteiger partial charge on any atom is -0.379 e. The number of allylic oxidation sites excluding steroid dienone is 2. The molecule has 8 heteroatoms. The van der Waals surface area contributed by atoms with E-state index in [4.69, 9.17) is 16.2 Å². The van der Waals surface area contributed by atoms with Crippen LogP contribution in [0.4, 0.5) is 0 Å². The first-order chi connectivity index (χ1) is 19.6. The average molecular weight is 598 g/mol. The highest BCUT2D eigenvalue weighted by molar-refractivity contribution is 7.80. The van der Waals surface area contributed by atoms with Gasteiger partial charge in [-0.05, 0) is 50.2 Å². The van der Waals surface area contributed by atoms with Crippen LogP contribution in [0.2, 0.25) is 0 Å². The van der Waals surface area contributed by atoms with Gasteiger partial charge in [-0.2, -0.15) is 12.6 Å². The molecule has 0 aliphatic heterocycles. The molecule has 5 N–H and O–H groups in total. The maximum Gasteiger partial charge on any atom is 0.217 e. The summed E-state index contributed by atoms with van der Waals surface area (Å²) in [5.41, 5.74) is 12.5. The Morgan fingerprint density at radius 3 is 1.80 bits per heavy atom. The molecule has 2 atom stereocenters. The quantitative estimate of drug-likeness (QED) is 0.0671. The van der Waals surface area contributed by atoms with Crippen molar-refractivity contribution in [1.82, 2.24) is 5.32 Å². The van der Waals surface area contributed by atoms with Gasteiger partial charge in [-0.25, -0.2) is 0 Å². The molecule has 3 amide bonds. The average Bonchev–Trinajstić information content (AvgIpc) is 2.96. The van der Waals surface area contributed by atoms with Crippen LogP contribution >= 0.6 is 12.6 Å². The van der Waals surface area contributed by atoms with E-state index in [0.717, 1.165) is 24.8 Å². The largest absolute Gasteiger partial charge is 0.379 e. The Morgan fingerprint density at radius 2 is 1.44 bits per heavy atom. The second-order valence-corrected chi connectivity index (χ2v) is 10.2. The van der Waals surface area contributed by atoms with Gasteiger partial charge < -0.3 is 21.5 Å². The second kappa shape index (κ2) is 37.7. The van der Waals surface area contributed by atoms with Crippen LogP contribution in [0, 0.1) is 0 Å². The molecule has 1 aromatic rings. The summed E-state index contributed by atoms with van der Waals surface area (Å²) < 4.78 is 5.57. The van der Waals surface area contributed by atoms with E-state index >= 15 is 0 Å². The Kier molecular flexibility index (Phi) is 42.0. The van der Waals surface area contributed by atoms with Crippen LogP contribution in [-0.4, -0.2) is 42.7 Å². The van der Waals surface area contributed by atoms with E-state index in [2.05, 4.69) is 58.6 Å². The van der Waals surface area contributed by atoms with Crippen LogP contribution in [0.3, 0.4) is 0 Å². The highest BCUT2D eigenvalue weighted by Gasteiger charge is 2.09. The minimum atomic E-state index is -0.392. The first kappa shape index (κ1) is 45.7. The Morgan fingerprint density at radius 1 is 0.951 bits per heavy atom. The van der Waals surface area contributed by atoms with E-state index in [9.17, 15) is 14.4 Å². The van der Waals surface area contributed by atoms with Crippen LogP contribution < -0.4 is 16.8 Å². The molecule has 0 bridgehead atoms. The summed E-state index contributed by atoms with van der Waals surface area (Å²) in [6.45, 7) is 17.6. The monoisotopic (exact) mass is 597 g/mol. The van der Waals surface area contributed by atoms with Crippen LogP contribution in [-0.2, 0) is 32.0 Å². The summed E-state index contributed by atoms with van der Waals surface area (Å²) >= 11 is 4.18. The molecule has 0 aliphatic rings. The summed E-state index contributed by atoms with van der Waals surface area (Å²) in [6, 6.07) is 7.90. The zero-order chi connectivity index (χ0) is 32.3. The van der Waals surface area contributed by atoms with Crippen molar-refractivity contribution in [2.45, 2.75) is 131 Å². The molecule has 41 heavy (non-hydrogen) atoms. The van der Waals surface area contributed by atoms with Crippen LogP contribution in [0.1, 0.15) is 118 Å². The zero-order valence-corrected chi connectivity index (χ0v) is 28.3. The Labute approximate surface area is 258 Å².